The molecule has 0 spiro atoms. The van der Waals surface area contributed by atoms with Gasteiger partial charge in [-0.15, -0.1) is 0 Å². The van der Waals surface area contributed by atoms with E-state index < -0.39 is 0 Å². The van der Waals surface area contributed by atoms with E-state index in [0.29, 0.717) is 19.4 Å². The molecule has 0 aliphatic carbocycles. The van der Waals surface area contributed by atoms with E-state index in [-0.39, 0.29) is 5.91 Å². The first kappa shape index (κ1) is 21.8. The molecule has 0 atom stereocenters. The van der Waals surface area contributed by atoms with Gasteiger partial charge in [0.1, 0.15) is 17.9 Å². The smallest absolute Gasteiger partial charge is 0.220 e. The zero-order valence-corrected chi connectivity index (χ0v) is 19.0. The molecule has 0 saturated carbocycles. The molecule has 1 fully saturated rings. The van der Waals surface area contributed by atoms with Crippen molar-refractivity contribution in [3.05, 3.63) is 59.2 Å². The van der Waals surface area contributed by atoms with Crippen molar-refractivity contribution in [1.29, 1.82) is 0 Å². The Balaban J connectivity index is 1.41. The predicted octanol–water partition coefficient (Wildman–Crippen LogP) is 3.14. The molecule has 8 nitrogen and oxygen atoms in total. The number of aromatic nitrogens is 4. The fourth-order valence-electron chi connectivity index (χ4n) is 4.20. The second-order valence-corrected chi connectivity index (χ2v) is 8.08. The lowest BCUT2D eigenvalue weighted by Crippen LogP contribution is -2.23. The average Bonchev–Trinajstić information content (AvgIpc) is 3.45. The van der Waals surface area contributed by atoms with Crippen molar-refractivity contribution in [2.24, 2.45) is 0 Å². The Labute approximate surface area is 188 Å². The van der Waals surface area contributed by atoms with Gasteiger partial charge in [-0.2, -0.15) is 5.10 Å². The van der Waals surface area contributed by atoms with Crippen LogP contribution in [0.5, 0.6) is 5.75 Å². The van der Waals surface area contributed by atoms with Crippen molar-refractivity contribution in [3.8, 4) is 11.6 Å². The van der Waals surface area contributed by atoms with Gasteiger partial charge in [0.2, 0.25) is 5.91 Å². The number of para-hydroxylation sites is 1. The maximum atomic E-state index is 12.5. The van der Waals surface area contributed by atoms with Crippen LogP contribution >= 0.6 is 0 Å². The summed E-state index contributed by atoms with van der Waals surface area (Å²) < 4.78 is 7.21. The number of carbonyl (C=O) groups is 1. The molecule has 4 rings (SSSR count). The maximum Gasteiger partial charge on any atom is 0.220 e. The normalized spacial score (nSPS) is 13.4. The zero-order chi connectivity index (χ0) is 22.5. The van der Waals surface area contributed by atoms with Gasteiger partial charge < -0.3 is 15.0 Å². The largest absolute Gasteiger partial charge is 0.496 e. The van der Waals surface area contributed by atoms with E-state index in [1.165, 1.54) is 12.8 Å². The van der Waals surface area contributed by atoms with Crippen molar-refractivity contribution < 1.29 is 9.53 Å². The number of nitrogens with zero attached hydrogens (tertiary/aromatic N) is 5. The van der Waals surface area contributed by atoms with E-state index in [4.69, 9.17) is 9.84 Å². The molecule has 1 aliphatic rings. The molecule has 0 unspecified atom stereocenters. The molecule has 1 saturated heterocycles. The minimum atomic E-state index is 0.000752. The highest BCUT2D eigenvalue weighted by Crippen LogP contribution is 2.22. The Hall–Kier alpha value is -3.42. The van der Waals surface area contributed by atoms with Gasteiger partial charge in [-0.25, -0.2) is 14.6 Å². The Bertz CT molecular complexity index is 1090. The number of ether oxygens (including phenoxy) is 1. The summed E-state index contributed by atoms with van der Waals surface area (Å²) in [6, 6.07) is 9.70. The third kappa shape index (κ3) is 4.74. The first-order chi connectivity index (χ1) is 15.6. The van der Waals surface area contributed by atoms with Crippen LogP contribution < -0.4 is 15.0 Å². The first-order valence-corrected chi connectivity index (χ1v) is 11.1. The van der Waals surface area contributed by atoms with E-state index >= 15 is 0 Å². The molecule has 1 aliphatic heterocycles. The Kier molecular flexibility index (Phi) is 6.68. The highest BCUT2D eigenvalue weighted by molar-refractivity contribution is 5.76. The summed E-state index contributed by atoms with van der Waals surface area (Å²) >= 11 is 0. The highest BCUT2D eigenvalue weighted by Gasteiger charge is 2.18. The first-order valence-electron chi connectivity index (χ1n) is 11.1. The molecule has 3 heterocycles. The Morgan fingerprint density at radius 2 is 1.88 bits per heavy atom. The average molecular weight is 435 g/mol. The van der Waals surface area contributed by atoms with Crippen molar-refractivity contribution in [3.63, 3.8) is 0 Å². The van der Waals surface area contributed by atoms with Crippen molar-refractivity contribution in [1.82, 2.24) is 25.1 Å². The van der Waals surface area contributed by atoms with Crippen molar-refractivity contribution in [2.75, 3.05) is 25.1 Å². The molecule has 0 radical (unpaired) electrons. The van der Waals surface area contributed by atoms with Crippen LogP contribution in [0.2, 0.25) is 0 Å². The lowest BCUT2D eigenvalue weighted by atomic mass is 10.1. The number of hydrogen-bond donors (Lipinski definition) is 1. The number of anilines is 1. The molecule has 32 heavy (non-hydrogen) atoms. The van der Waals surface area contributed by atoms with Crippen molar-refractivity contribution in [2.45, 2.75) is 46.1 Å². The minimum Gasteiger partial charge on any atom is -0.496 e. The Morgan fingerprint density at radius 3 is 2.66 bits per heavy atom. The highest BCUT2D eigenvalue weighted by atomic mass is 16.5. The Morgan fingerprint density at radius 1 is 1.12 bits per heavy atom. The lowest BCUT2D eigenvalue weighted by Gasteiger charge is -2.16. The number of hydrogen-bond acceptors (Lipinski definition) is 6. The topological polar surface area (TPSA) is 85.2 Å². The van der Waals surface area contributed by atoms with Crippen LogP contribution in [0.15, 0.2) is 36.7 Å². The fraction of sp³-hybridized carbons (Fsp3) is 0.417. The van der Waals surface area contributed by atoms with Crippen LogP contribution in [0.25, 0.3) is 5.82 Å². The SMILES string of the molecule is COc1ccccc1CNC(=O)CCc1c(C)nn(-c2cc(N3CCCC3)ncn2)c1C. The second kappa shape index (κ2) is 9.80. The number of benzene rings is 1. The summed E-state index contributed by atoms with van der Waals surface area (Å²) in [5.41, 5.74) is 3.97. The molecular formula is C24H30N6O2. The molecule has 3 aromatic rings. The van der Waals surface area contributed by atoms with Crippen LogP contribution in [-0.4, -0.2) is 45.9 Å². The van der Waals surface area contributed by atoms with Gasteiger partial charge in [-0.05, 0) is 44.7 Å². The van der Waals surface area contributed by atoms with Gasteiger partial charge in [0.05, 0.1) is 12.8 Å². The lowest BCUT2D eigenvalue weighted by molar-refractivity contribution is -0.121. The summed E-state index contributed by atoms with van der Waals surface area (Å²) in [7, 11) is 1.63. The van der Waals surface area contributed by atoms with Gasteiger partial charge in [0, 0.05) is 43.4 Å². The third-order valence-corrected chi connectivity index (χ3v) is 6.00. The summed E-state index contributed by atoms with van der Waals surface area (Å²) in [6.07, 6.45) is 5.01. The van der Waals surface area contributed by atoms with Gasteiger partial charge in [-0.1, -0.05) is 18.2 Å². The molecule has 2 aromatic heterocycles. The molecule has 1 aromatic carbocycles. The molecule has 168 valence electrons. The summed E-state index contributed by atoms with van der Waals surface area (Å²) in [5, 5.41) is 7.69. The standard InChI is InChI=1S/C24H30N6O2/c1-17-20(10-11-24(31)25-15-19-8-4-5-9-21(19)32-3)18(2)30(28-17)23-14-22(26-16-27-23)29-12-6-7-13-29/h4-5,8-9,14,16H,6-7,10-13,15H2,1-3H3,(H,25,31). The fourth-order valence-corrected chi connectivity index (χ4v) is 4.20. The van der Waals surface area contributed by atoms with E-state index in [9.17, 15) is 4.79 Å². The number of rotatable bonds is 8. The van der Waals surface area contributed by atoms with E-state index in [1.54, 1.807) is 13.4 Å². The van der Waals surface area contributed by atoms with Crippen LogP contribution in [0, 0.1) is 13.8 Å². The van der Waals surface area contributed by atoms with E-state index in [1.807, 2.05) is 48.9 Å². The van der Waals surface area contributed by atoms with Gasteiger partial charge in [0.15, 0.2) is 5.82 Å². The number of amides is 1. The van der Waals surface area contributed by atoms with E-state index in [2.05, 4.69) is 20.2 Å². The molecule has 1 N–H and O–H groups in total. The number of aryl methyl sites for hydroxylation is 1. The minimum absolute atomic E-state index is 0.000752. The number of methoxy groups -OCH3 is 1. The number of nitrogens with one attached hydrogen (secondary N) is 1. The predicted molar refractivity (Wildman–Crippen MR) is 123 cm³/mol. The molecule has 0 bridgehead atoms. The zero-order valence-electron chi connectivity index (χ0n) is 19.0. The van der Waals surface area contributed by atoms with Crippen molar-refractivity contribution >= 4 is 11.7 Å². The second-order valence-electron chi connectivity index (χ2n) is 8.08. The third-order valence-electron chi connectivity index (χ3n) is 6.00. The summed E-state index contributed by atoms with van der Waals surface area (Å²) in [4.78, 5) is 23.6. The number of carbonyl (C=O) groups excluding carboxylic acids is 1. The van der Waals surface area contributed by atoms with Gasteiger partial charge in [0.25, 0.3) is 0 Å². The van der Waals surface area contributed by atoms with Gasteiger partial charge in [-0.3, -0.25) is 4.79 Å². The quantitative estimate of drug-likeness (QED) is 0.586. The van der Waals surface area contributed by atoms with Crippen LogP contribution in [0.1, 0.15) is 41.8 Å². The van der Waals surface area contributed by atoms with Crippen LogP contribution in [0.3, 0.4) is 0 Å². The van der Waals surface area contributed by atoms with Crippen LogP contribution in [0.4, 0.5) is 5.82 Å². The van der Waals surface area contributed by atoms with E-state index in [0.717, 1.165) is 53.0 Å². The van der Waals surface area contributed by atoms with Gasteiger partial charge >= 0.3 is 0 Å². The molecule has 8 heteroatoms. The summed E-state index contributed by atoms with van der Waals surface area (Å²) in [6.45, 7) is 6.51. The monoisotopic (exact) mass is 434 g/mol. The molecular weight excluding hydrogens is 404 g/mol. The maximum absolute atomic E-state index is 12.5. The molecule has 1 amide bonds. The summed E-state index contributed by atoms with van der Waals surface area (Å²) in [5.74, 6) is 2.48. The van der Waals surface area contributed by atoms with Crippen LogP contribution in [-0.2, 0) is 17.8 Å².